The first-order valence-corrected chi connectivity index (χ1v) is 7.11. The predicted octanol–water partition coefficient (Wildman–Crippen LogP) is 2.73. The number of aromatic nitrogens is 3. The zero-order valence-corrected chi connectivity index (χ0v) is 12.1. The molecule has 0 saturated heterocycles. The van der Waals surface area contributed by atoms with Gasteiger partial charge in [0.25, 0.3) is 5.91 Å². The molecule has 0 unspecified atom stereocenters. The molecule has 0 aliphatic heterocycles. The molecule has 0 N–H and O–H groups in total. The van der Waals surface area contributed by atoms with E-state index in [0.29, 0.717) is 17.1 Å². The summed E-state index contributed by atoms with van der Waals surface area (Å²) < 4.78 is 4.15. The fourth-order valence-electron chi connectivity index (χ4n) is 1.79. The molecule has 0 fully saturated rings. The van der Waals surface area contributed by atoms with Crippen molar-refractivity contribution in [3.05, 3.63) is 60.3 Å². The van der Waals surface area contributed by atoms with Gasteiger partial charge in [0.05, 0.1) is 0 Å². The summed E-state index contributed by atoms with van der Waals surface area (Å²) in [5.74, 6) is -0.0477. The molecule has 0 saturated carbocycles. The average molecular weight is 307 g/mol. The Morgan fingerprint density at radius 2 is 1.91 bits per heavy atom. The van der Waals surface area contributed by atoms with Crippen molar-refractivity contribution in [1.82, 2.24) is 14.3 Å². The lowest BCUT2D eigenvalue weighted by Gasteiger charge is -2.08. The van der Waals surface area contributed by atoms with Crippen LogP contribution in [0.15, 0.2) is 54.7 Å². The van der Waals surface area contributed by atoms with Gasteiger partial charge in [0.1, 0.15) is 5.69 Å². The number of hydrogen-bond acceptors (Lipinski definition) is 6. The van der Waals surface area contributed by atoms with Crippen molar-refractivity contribution in [1.29, 1.82) is 5.26 Å². The van der Waals surface area contributed by atoms with E-state index in [2.05, 4.69) is 14.3 Å². The monoisotopic (exact) mass is 307 g/mol. The van der Waals surface area contributed by atoms with E-state index in [-0.39, 0.29) is 5.13 Å². The van der Waals surface area contributed by atoms with Gasteiger partial charge in [-0.2, -0.15) is 19.5 Å². The van der Waals surface area contributed by atoms with E-state index in [1.54, 1.807) is 48.7 Å². The van der Waals surface area contributed by atoms with Gasteiger partial charge in [-0.25, -0.2) is 0 Å². The Balaban J connectivity index is 1.91. The van der Waals surface area contributed by atoms with Crippen LogP contribution in [-0.2, 0) is 0 Å². The first-order valence-electron chi connectivity index (χ1n) is 6.34. The lowest BCUT2D eigenvalue weighted by atomic mass is 10.2. The number of benzene rings is 1. The van der Waals surface area contributed by atoms with Crippen molar-refractivity contribution in [2.24, 2.45) is 0 Å². The van der Waals surface area contributed by atoms with Gasteiger partial charge in [0.2, 0.25) is 5.13 Å². The molecule has 3 aromatic rings. The van der Waals surface area contributed by atoms with Crippen LogP contribution in [0.2, 0.25) is 0 Å². The lowest BCUT2D eigenvalue weighted by molar-refractivity contribution is 0.0999. The molecule has 0 spiro atoms. The minimum atomic E-state index is -0.438. The standard InChI is InChI=1S/C15H9N5OS/c16-10-20(14(21)11-6-2-1-3-7-11)15-18-13(19-22-15)12-8-4-5-9-17-12/h1-9H. The highest BCUT2D eigenvalue weighted by atomic mass is 32.1. The SMILES string of the molecule is N#CN(C(=O)c1ccccc1)c1nc(-c2ccccn2)ns1. The number of carbonyl (C=O) groups excluding carboxylic acids is 1. The molecular weight excluding hydrogens is 298 g/mol. The van der Waals surface area contributed by atoms with Crippen molar-refractivity contribution >= 4 is 22.6 Å². The number of nitrogens with zero attached hydrogens (tertiary/aromatic N) is 5. The molecule has 22 heavy (non-hydrogen) atoms. The van der Waals surface area contributed by atoms with Crippen LogP contribution >= 0.6 is 11.5 Å². The Labute approximate surface area is 130 Å². The number of anilines is 1. The largest absolute Gasteiger partial charge is 0.273 e. The van der Waals surface area contributed by atoms with Crippen LogP contribution in [0.1, 0.15) is 10.4 Å². The third kappa shape index (κ3) is 2.68. The number of nitriles is 1. The maximum Gasteiger partial charge on any atom is 0.273 e. The highest BCUT2D eigenvalue weighted by molar-refractivity contribution is 7.10. The Morgan fingerprint density at radius 1 is 1.14 bits per heavy atom. The van der Waals surface area contributed by atoms with Crippen LogP contribution < -0.4 is 4.90 Å². The van der Waals surface area contributed by atoms with Gasteiger partial charge in [-0.15, -0.1) is 0 Å². The summed E-state index contributed by atoms with van der Waals surface area (Å²) in [4.78, 5) is 21.7. The predicted molar refractivity (Wildman–Crippen MR) is 82.0 cm³/mol. The second-order valence-electron chi connectivity index (χ2n) is 4.22. The zero-order chi connectivity index (χ0) is 15.4. The minimum absolute atomic E-state index is 0.219. The summed E-state index contributed by atoms with van der Waals surface area (Å²) in [5.41, 5.74) is 1.01. The molecule has 0 atom stereocenters. The summed E-state index contributed by atoms with van der Waals surface area (Å²) in [6.07, 6.45) is 3.48. The third-order valence-corrected chi connectivity index (χ3v) is 3.53. The summed E-state index contributed by atoms with van der Waals surface area (Å²) in [7, 11) is 0. The van der Waals surface area contributed by atoms with Crippen molar-refractivity contribution in [2.45, 2.75) is 0 Å². The molecule has 1 aromatic carbocycles. The molecule has 0 aliphatic rings. The summed E-state index contributed by atoms with van der Waals surface area (Å²) in [6.45, 7) is 0. The van der Waals surface area contributed by atoms with Gasteiger partial charge in [0, 0.05) is 23.3 Å². The highest BCUT2D eigenvalue weighted by Crippen LogP contribution is 2.23. The average Bonchev–Trinajstić information content (AvgIpc) is 3.07. The highest BCUT2D eigenvalue weighted by Gasteiger charge is 2.21. The first-order chi connectivity index (χ1) is 10.8. The van der Waals surface area contributed by atoms with Crippen LogP contribution in [0.5, 0.6) is 0 Å². The number of rotatable bonds is 3. The molecule has 0 bridgehead atoms. The topological polar surface area (TPSA) is 82.8 Å². The molecule has 1 amide bonds. The molecule has 7 heteroatoms. The van der Waals surface area contributed by atoms with Crippen molar-refractivity contribution in [2.75, 3.05) is 4.90 Å². The Hall–Kier alpha value is -3.11. The van der Waals surface area contributed by atoms with Gasteiger partial charge >= 0.3 is 0 Å². The van der Waals surface area contributed by atoms with E-state index in [9.17, 15) is 10.1 Å². The van der Waals surface area contributed by atoms with Crippen molar-refractivity contribution in [3.8, 4) is 17.7 Å². The van der Waals surface area contributed by atoms with E-state index in [1.165, 1.54) is 0 Å². The van der Waals surface area contributed by atoms with E-state index in [0.717, 1.165) is 16.4 Å². The fourth-order valence-corrected chi connectivity index (χ4v) is 2.43. The van der Waals surface area contributed by atoms with Crippen LogP contribution in [0.3, 0.4) is 0 Å². The molecule has 0 aliphatic carbocycles. The fraction of sp³-hybridized carbons (Fsp3) is 0. The third-order valence-electron chi connectivity index (χ3n) is 2.82. The van der Waals surface area contributed by atoms with E-state index in [4.69, 9.17) is 0 Å². The Bertz CT molecular complexity index is 826. The van der Waals surface area contributed by atoms with Crippen molar-refractivity contribution < 1.29 is 4.79 Å². The van der Waals surface area contributed by atoms with Gasteiger partial charge < -0.3 is 0 Å². The quantitative estimate of drug-likeness (QED) is 0.549. The molecule has 106 valence electrons. The maximum atomic E-state index is 12.3. The lowest BCUT2D eigenvalue weighted by Crippen LogP contribution is -2.25. The van der Waals surface area contributed by atoms with Crippen molar-refractivity contribution in [3.63, 3.8) is 0 Å². The van der Waals surface area contributed by atoms with Gasteiger partial charge in [-0.1, -0.05) is 24.3 Å². The molecule has 0 radical (unpaired) electrons. The number of amides is 1. The smallest absolute Gasteiger partial charge is 0.267 e. The van der Waals surface area contributed by atoms with E-state index < -0.39 is 5.91 Å². The number of hydrogen-bond donors (Lipinski definition) is 0. The number of carbonyl (C=O) groups is 1. The van der Waals surface area contributed by atoms with Gasteiger partial charge in [-0.3, -0.25) is 9.78 Å². The summed E-state index contributed by atoms with van der Waals surface area (Å²) in [5, 5.41) is 9.49. The van der Waals surface area contributed by atoms with Crippen LogP contribution in [0.4, 0.5) is 5.13 Å². The summed E-state index contributed by atoms with van der Waals surface area (Å²) >= 11 is 0.982. The van der Waals surface area contributed by atoms with E-state index >= 15 is 0 Å². The van der Waals surface area contributed by atoms with Crippen LogP contribution in [-0.4, -0.2) is 20.2 Å². The molecular formula is C15H9N5OS. The molecule has 3 rings (SSSR count). The minimum Gasteiger partial charge on any atom is -0.267 e. The second-order valence-corrected chi connectivity index (χ2v) is 4.95. The maximum absolute atomic E-state index is 12.3. The second kappa shape index (κ2) is 6.11. The molecule has 6 nitrogen and oxygen atoms in total. The van der Waals surface area contributed by atoms with Gasteiger partial charge in [-0.05, 0) is 24.3 Å². The zero-order valence-electron chi connectivity index (χ0n) is 11.2. The molecule has 2 heterocycles. The Kier molecular flexibility index (Phi) is 3.85. The Morgan fingerprint density at radius 3 is 2.59 bits per heavy atom. The normalized spacial score (nSPS) is 9.95. The van der Waals surface area contributed by atoms with Crippen LogP contribution in [0, 0.1) is 11.5 Å². The first kappa shape index (κ1) is 13.9. The number of pyridine rings is 1. The van der Waals surface area contributed by atoms with Gasteiger partial charge in [0.15, 0.2) is 12.0 Å². The van der Waals surface area contributed by atoms with E-state index in [1.807, 2.05) is 12.3 Å². The summed E-state index contributed by atoms with van der Waals surface area (Å²) in [6, 6.07) is 13.9. The molecule has 2 aromatic heterocycles. The van der Waals surface area contributed by atoms with Crippen LogP contribution in [0.25, 0.3) is 11.5 Å².